The summed E-state index contributed by atoms with van der Waals surface area (Å²) in [6, 6.07) is 13.1. The van der Waals surface area contributed by atoms with Crippen LogP contribution in [0.5, 0.6) is 5.75 Å². The van der Waals surface area contributed by atoms with E-state index in [4.69, 9.17) is 4.74 Å². The van der Waals surface area contributed by atoms with Crippen LogP contribution in [-0.4, -0.2) is 26.8 Å². The van der Waals surface area contributed by atoms with Crippen molar-refractivity contribution in [3.05, 3.63) is 54.1 Å². The molecular weight excluding hydrogens is 340 g/mol. The van der Waals surface area contributed by atoms with Crippen LogP contribution in [0, 0.1) is 0 Å². The Morgan fingerprint density at radius 2 is 1.64 bits per heavy atom. The van der Waals surface area contributed by atoms with Crippen molar-refractivity contribution in [3.63, 3.8) is 0 Å². The summed E-state index contributed by atoms with van der Waals surface area (Å²) >= 11 is 0. The lowest BCUT2D eigenvalue weighted by Crippen LogP contribution is -2.28. The number of hydrogen-bond donors (Lipinski definition) is 2. The number of hydrogen-bond acceptors (Lipinski definition) is 4. The summed E-state index contributed by atoms with van der Waals surface area (Å²) in [6.07, 6.45) is 1.25. The van der Waals surface area contributed by atoms with Crippen LogP contribution >= 0.6 is 0 Å². The highest BCUT2D eigenvalue weighted by Crippen LogP contribution is 2.15. The summed E-state index contributed by atoms with van der Waals surface area (Å²) in [4.78, 5) is 12.1. The lowest BCUT2D eigenvalue weighted by atomic mass is 10.2. The molecule has 0 aromatic heterocycles. The van der Waals surface area contributed by atoms with Gasteiger partial charge in [-0.15, -0.1) is 0 Å². The predicted octanol–water partition coefficient (Wildman–Crippen LogP) is 3.20. The lowest BCUT2D eigenvalue weighted by Gasteiger charge is -2.11. The summed E-state index contributed by atoms with van der Waals surface area (Å²) in [7, 11) is -3.24. The van der Waals surface area contributed by atoms with Crippen molar-refractivity contribution in [2.45, 2.75) is 31.4 Å². The summed E-state index contributed by atoms with van der Waals surface area (Å²) in [6.45, 7) is 4.29. The number of carbonyl (C=O) groups excluding carboxylic acids is 1. The Balaban J connectivity index is 1.86. The van der Waals surface area contributed by atoms with Gasteiger partial charge in [0.2, 0.25) is 0 Å². The second-order valence-corrected chi connectivity index (χ2v) is 7.93. The minimum absolute atomic E-state index is 0.115. The molecule has 0 bridgehead atoms. The molecule has 2 aromatic carbocycles. The number of anilines is 1. The van der Waals surface area contributed by atoms with Gasteiger partial charge < -0.3 is 15.4 Å². The number of carbonyl (C=O) groups is 1. The minimum atomic E-state index is -3.24. The van der Waals surface area contributed by atoms with Gasteiger partial charge in [0.15, 0.2) is 9.84 Å². The molecule has 0 fully saturated rings. The van der Waals surface area contributed by atoms with Crippen molar-refractivity contribution >= 4 is 21.6 Å². The molecule has 0 aliphatic carbocycles. The molecule has 2 aromatic rings. The number of nitrogens with one attached hydrogen (secondary N) is 2. The largest absolute Gasteiger partial charge is 0.491 e. The third-order valence-corrected chi connectivity index (χ3v) is 4.42. The van der Waals surface area contributed by atoms with Crippen LogP contribution in [0.1, 0.15) is 19.4 Å². The van der Waals surface area contributed by atoms with Crippen molar-refractivity contribution in [1.29, 1.82) is 0 Å². The van der Waals surface area contributed by atoms with Crippen LogP contribution in [-0.2, 0) is 16.4 Å². The number of amides is 2. The normalized spacial score (nSPS) is 11.2. The Kier molecular flexibility index (Phi) is 6.03. The molecule has 2 rings (SSSR count). The van der Waals surface area contributed by atoms with Gasteiger partial charge in [0.25, 0.3) is 0 Å². The second-order valence-electron chi connectivity index (χ2n) is 5.91. The molecule has 2 amide bonds. The van der Waals surface area contributed by atoms with Gasteiger partial charge in [-0.25, -0.2) is 13.2 Å². The van der Waals surface area contributed by atoms with Crippen LogP contribution < -0.4 is 15.4 Å². The summed E-state index contributed by atoms with van der Waals surface area (Å²) in [5.74, 6) is 0.786. The van der Waals surface area contributed by atoms with Crippen molar-refractivity contribution in [2.24, 2.45) is 0 Å². The van der Waals surface area contributed by atoms with E-state index in [0.717, 1.165) is 17.6 Å². The Labute approximate surface area is 148 Å². The van der Waals surface area contributed by atoms with Crippen molar-refractivity contribution < 1.29 is 17.9 Å². The fraction of sp³-hybridized carbons (Fsp3) is 0.278. The van der Waals surface area contributed by atoms with E-state index in [2.05, 4.69) is 10.6 Å². The summed E-state index contributed by atoms with van der Waals surface area (Å²) in [5.41, 5.74) is 1.46. The number of rotatable bonds is 6. The number of urea groups is 1. The van der Waals surface area contributed by atoms with E-state index in [-0.39, 0.29) is 17.0 Å². The van der Waals surface area contributed by atoms with Gasteiger partial charge in [-0.3, -0.25) is 0 Å². The second kappa shape index (κ2) is 8.02. The maximum absolute atomic E-state index is 11.9. The first-order chi connectivity index (χ1) is 11.7. The van der Waals surface area contributed by atoms with Gasteiger partial charge >= 0.3 is 6.03 Å². The highest BCUT2D eigenvalue weighted by atomic mass is 32.2. The molecule has 0 aliphatic heterocycles. The van der Waals surface area contributed by atoms with Gasteiger partial charge in [0, 0.05) is 18.5 Å². The molecule has 25 heavy (non-hydrogen) atoms. The van der Waals surface area contributed by atoms with Gasteiger partial charge in [0.05, 0.1) is 11.0 Å². The molecule has 7 heteroatoms. The molecular formula is C18H22N2O4S. The molecule has 0 spiro atoms. The zero-order chi connectivity index (χ0) is 18.4. The van der Waals surface area contributed by atoms with Crippen LogP contribution in [0.2, 0.25) is 0 Å². The van der Waals surface area contributed by atoms with E-state index < -0.39 is 9.84 Å². The molecule has 0 aliphatic rings. The van der Waals surface area contributed by atoms with Gasteiger partial charge in [0.1, 0.15) is 5.75 Å². The van der Waals surface area contributed by atoms with Crippen molar-refractivity contribution in [1.82, 2.24) is 5.32 Å². The topological polar surface area (TPSA) is 84.5 Å². The van der Waals surface area contributed by atoms with E-state index in [0.29, 0.717) is 12.2 Å². The fourth-order valence-electron chi connectivity index (χ4n) is 2.10. The van der Waals surface area contributed by atoms with Gasteiger partial charge in [-0.1, -0.05) is 12.1 Å². The molecule has 0 radical (unpaired) electrons. The van der Waals surface area contributed by atoms with Gasteiger partial charge in [-0.05, 0) is 55.8 Å². The van der Waals surface area contributed by atoms with Crippen molar-refractivity contribution in [3.8, 4) is 5.75 Å². The molecule has 0 atom stereocenters. The average Bonchev–Trinajstić information content (AvgIpc) is 2.53. The third-order valence-electron chi connectivity index (χ3n) is 3.29. The Bertz CT molecular complexity index is 813. The first kappa shape index (κ1) is 18.8. The first-order valence-corrected chi connectivity index (χ1v) is 9.74. The average molecular weight is 362 g/mol. The maximum Gasteiger partial charge on any atom is 0.319 e. The SMILES string of the molecule is CC(C)Oc1ccc(CNC(=O)Nc2ccc(S(C)(=O)=O)cc2)cc1. The predicted molar refractivity (Wildman–Crippen MR) is 97.6 cm³/mol. The molecule has 0 saturated carbocycles. The minimum Gasteiger partial charge on any atom is -0.491 e. The summed E-state index contributed by atoms with van der Waals surface area (Å²) in [5, 5.41) is 5.40. The first-order valence-electron chi connectivity index (χ1n) is 7.84. The van der Waals surface area contributed by atoms with Crippen molar-refractivity contribution in [2.75, 3.05) is 11.6 Å². The zero-order valence-electron chi connectivity index (χ0n) is 14.4. The highest BCUT2D eigenvalue weighted by Gasteiger charge is 2.07. The van der Waals surface area contributed by atoms with E-state index in [9.17, 15) is 13.2 Å². The molecule has 2 N–H and O–H groups in total. The molecule has 0 heterocycles. The lowest BCUT2D eigenvalue weighted by molar-refractivity contribution is 0.242. The quantitative estimate of drug-likeness (QED) is 0.826. The van der Waals surface area contributed by atoms with Crippen LogP contribution in [0.15, 0.2) is 53.4 Å². The summed E-state index contributed by atoms with van der Waals surface area (Å²) < 4.78 is 28.4. The molecule has 0 saturated heterocycles. The Hall–Kier alpha value is -2.54. The Morgan fingerprint density at radius 3 is 2.16 bits per heavy atom. The molecule has 134 valence electrons. The van der Waals surface area contributed by atoms with Crippen LogP contribution in [0.4, 0.5) is 10.5 Å². The number of benzene rings is 2. The van der Waals surface area contributed by atoms with E-state index in [1.807, 2.05) is 38.1 Å². The van der Waals surface area contributed by atoms with Crippen LogP contribution in [0.3, 0.4) is 0 Å². The highest BCUT2D eigenvalue weighted by molar-refractivity contribution is 7.90. The van der Waals surface area contributed by atoms with Gasteiger partial charge in [-0.2, -0.15) is 0 Å². The van der Waals surface area contributed by atoms with Crippen LogP contribution in [0.25, 0.3) is 0 Å². The molecule has 0 unspecified atom stereocenters. The zero-order valence-corrected chi connectivity index (χ0v) is 15.3. The monoisotopic (exact) mass is 362 g/mol. The van der Waals surface area contributed by atoms with E-state index in [1.165, 1.54) is 12.1 Å². The fourth-order valence-corrected chi connectivity index (χ4v) is 2.73. The number of sulfone groups is 1. The third kappa shape index (κ3) is 6.11. The smallest absolute Gasteiger partial charge is 0.319 e. The van der Waals surface area contributed by atoms with E-state index >= 15 is 0 Å². The Morgan fingerprint density at radius 1 is 1.04 bits per heavy atom. The van der Waals surface area contributed by atoms with E-state index in [1.54, 1.807) is 12.1 Å². The number of ether oxygens (including phenoxy) is 1. The molecule has 6 nitrogen and oxygen atoms in total. The standard InChI is InChI=1S/C18H22N2O4S/c1-13(2)24-16-8-4-14(5-9-16)12-19-18(21)20-15-6-10-17(11-7-15)25(3,22)23/h4-11,13H,12H2,1-3H3,(H2,19,20,21). The maximum atomic E-state index is 11.9.